The molecule has 1 rings (SSSR count). The number of nitrogens with zero attached hydrogens (tertiary/aromatic N) is 1. The monoisotopic (exact) mass is 333 g/mol. The number of aromatic nitrogens is 1. The number of hydrogen-bond acceptors (Lipinski definition) is 3. The molecule has 0 spiro atoms. The van der Waals surface area contributed by atoms with Crippen LogP contribution in [-0.2, 0) is 0 Å². The molecule has 1 N–H and O–H groups in total. The number of hydrogen-bond donors (Lipinski definition) is 1. The predicted molar refractivity (Wildman–Crippen MR) is 53.8 cm³/mol. The number of pyridine rings is 1. The molecule has 0 bridgehead atoms. The van der Waals surface area contributed by atoms with Crippen LogP contribution in [0.3, 0.4) is 0 Å². The second-order valence-electron chi connectivity index (χ2n) is 2.30. The van der Waals surface area contributed by atoms with Crippen molar-refractivity contribution in [3.05, 3.63) is 21.0 Å². The van der Waals surface area contributed by atoms with Gasteiger partial charge >= 0.3 is 0 Å². The lowest BCUT2D eigenvalue weighted by atomic mass is 10.1. The van der Waals surface area contributed by atoms with E-state index in [1.807, 2.05) is 0 Å². The molecular formula is C7H3ClF2INO2. The Bertz CT molecular complexity index is 386. The molecule has 0 unspecified atom stereocenters. The Morgan fingerprint density at radius 1 is 1.64 bits per heavy atom. The van der Waals surface area contributed by atoms with Crippen LogP contribution < -0.4 is 0 Å². The molecule has 0 aliphatic heterocycles. The van der Waals surface area contributed by atoms with Gasteiger partial charge in [0.15, 0.2) is 5.75 Å². The third-order valence-corrected chi connectivity index (χ3v) is 2.47. The molecule has 76 valence electrons. The first-order chi connectivity index (χ1) is 6.45. The van der Waals surface area contributed by atoms with Crippen LogP contribution in [0.15, 0.2) is 6.20 Å². The Hall–Kier alpha value is -0.500. The third-order valence-electron chi connectivity index (χ3n) is 1.48. The van der Waals surface area contributed by atoms with Gasteiger partial charge in [-0.25, -0.2) is 13.8 Å². The minimum absolute atomic E-state index is 0.000401. The molecule has 1 heterocycles. The maximum absolute atomic E-state index is 12.4. The van der Waals surface area contributed by atoms with Crippen LogP contribution in [0.2, 0.25) is 0 Å². The third kappa shape index (κ3) is 2.11. The van der Waals surface area contributed by atoms with Crippen molar-refractivity contribution in [1.29, 1.82) is 0 Å². The summed E-state index contributed by atoms with van der Waals surface area (Å²) in [6.45, 7) is 0. The average molecular weight is 333 g/mol. The molecule has 0 aromatic carbocycles. The van der Waals surface area contributed by atoms with E-state index in [1.54, 1.807) is 22.6 Å². The molecule has 0 amide bonds. The van der Waals surface area contributed by atoms with E-state index in [1.165, 1.54) is 0 Å². The zero-order valence-corrected chi connectivity index (χ0v) is 9.38. The van der Waals surface area contributed by atoms with Crippen LogP contribution in [-0.4, -0.2) is 15.3 Å². The van der Waals surface area contributed by atoms with Gasteiger partial charge in [-0.05, 0) is 34.2 Å². The van der Waals surface area contributed by atoms with E-state index in [4.69, 9.17) is 11.6 Å². The lowest BCUT2D eigenvalue weighted by molar-refractivity contribution is 0.106. The zero-order chi connectivity index (χ0) is 10.9. The Kier molecular flexibility index (Phi) is 3.59. The Balaban J connectivity index is 3.45. The molecule has 7 heteroatoms. The van der Waals surface area contributed by atoms with Crippen LogP contribution in [0.1, 0.15) is 22.3 Å². The lowest BCUT2D eigenvalue weighted by Crippen LogP contribution is -2.01. The largest absolute Gasteiger partial charge is 0.505 e. The summed E-state index contributed by atoms with van der Waals surface area (Å²) in [5.41, 5.74) is -1.25. The highest BCUT2D eigenvalue weighted by molar-refractivity contribution is 14.1. The van der Waals surface area contributed by atoms with Crippen LogP contribution in [0, 0.1) is 3.70 Å². The van der Waals surface area contributed by atoms with Gasteiger partial charge in [-0.1, -0.05) is 0 Å². The van der Waals surface area contributed by atoms with Gasteiger partial charge in [-0.15, -0.1) is 0 Å². The lowest BCUT2D eigenvalue weighted by Gasteiger charge is -2.07. The molecule has 0 aliphatic carbocycles. The van der Waals surface area contributed by atoms with Gasteiger partial charge in [0.1, 0.15) is 3.70 Å². The molecule has 0 saturated carbocycles. The van der Waals surface area contributed by atoms with E-state index in [-0.39, 0.29) is 3.70 Å². The molecule has 0 aliphatic rings. The van der Waals surface area contributed by atoms with E-state index in [0.29, 0.717) is 0 Å². The summed E-state index contributed by atoms with van der Waals surface area (Å²) >= 11 is 6.63. The highest BCUT2D eigenvalue weighted by Gasteiger charge is 2.23. The van der Waals surface area contributed by atoms with Crippen molar-refractivity contribution in [3.63, 3.8) is 0 Å². The molecule has 0 fully saturated rings. The zero-order valence-electron chi connectivity index (χ0n) is 6.47. The minimum atomic E-state index is -2.97. The summed E-state index contributed by atoms with van der Waals surface area (Å²) < 4.78 is 24.9. The molecule has 3 nitrogen and oxygen atoms in total. The maximum atomic E-state index is 12.4. The average Bonchev–Trinajstić information content (AvgIpc) is 2.08. The maximum Gasteiger partial charge on any atom is 0.268 e. The van der Waals surface area contributed by atoms with Crippen molar-refractivity contribution >= 4 is 39.4 Å². The van der Waals surface area contributed by atoms with Crippen LogP contribution >= 0.6 is 34.2 Å². The second kappa shape index (κ2) is 4.35. The molecule has 0 atom stereocenters. The van der Waals surface area contributed by atoms with Gasteiger partial charge in [0.25, 0.3) is 11.7 Å². The van der Waals surface area contributed by atoms with Crippen molar-refractivity contribution in [2.45, 2.75) is 6.43 Å². The summed E-state index contributed by atoms with van der Waals surface area (Å²) in [5, 5.41) is 8.17. The van der Waals surface area contributed by atoms with E-state index >= 15 is 0 Å². The summed E-state index contributed by atoms with van der Waals surface area (Å²) in [4.78, 5) is 14.3. The number of rotatable bonds is 2. The second-order valence-corrected chi connectivity index (χ2v) is 3.66. The summed E-state index contributed by atoms with van der Waals surface area (Å²) in [7, 11) is 0. The van der Waals surface area contributed by atoms with Gasteiger partial charge in [0.05, 0.1) is 11.1 Å². The molecular weight excluding hydrogens is 330 g/mol. The molecule has 0 saturated heterocycles. The Morgan fingerprint density at radius 3 is 2.64 bits per heavy atom. The summed E-state index contributed by atoms with van der Waals surface area (Å²) in [6.07, 6.45) is -2.05. The van der Waals surface area contributed by atoms with Crippen molar-refractivity contribution in [3.8, 4) is 5.75 Å². The van der Waals surface area contributed by atoms with Gasteiger partial charge in [-0.3, -0.25) is 4.79 Å². The standard InChI is InChI=1S/C7H3ClF2INO2/c8-5(14)2-1-12-7(11)4(13)3(2)6(9)10/h1,6,13H. The summed E-state index contributed by atoms with van der Waals surface area (Å²) in [6, 6.07) is 0. The highest BCUT2D eigenvalue weighted by atomic mass is 127. The van der Waals surface area contributed by atoms with Crippen molar-refractivity contribution in [2.24, 2.45) is 0 Å². The van der Waals surface area contributed by atoms with Crippen molar-refractivity contribution in [1.82, 2.24) is 4.98 Å². The van der Waals surface area contributed by atoms with Crippen LogP contribution in [0.25, 0.3) is 0 Å². The first-order valence-corrected chi connectivity index (χ1v) is 4.76. The Labute approximate surface area is 96.2 Å². The number of aromatic hydroxyl groups is 1. The number of carbonyl (C=O) groups excluding carboxylic acids is 1. The van der Waals surface area contributed by atoms with Crippen molar-refractivity contribution in [2.75, 3.05) is 0 Å². The number of carbonyl (C=O) groups is 1. The predicted octanol–water partition coefficient (Wildman–Crippen LogP) is 2.71. The van der Waals surface area contributed by atoms with E-state index in [2.05, 4.69) is 4.98 Å². The first-order valence-electron chi connectivity index (χ1n) is 3.30. The van der Waals surface area contributed by atoms with Crippen molar-refractivity contribution < 1.29 is 18.7 Å². The Morgan fingerprint density at radius 2 is 2.21 bits per heavy atom. The fraction of sp³-hybridized carbons (Fsp3) is 0.143. The van der Waals surface area contributed by atoms with Gasteiger partial charge in [0.2, 0.25) is 0 Å². The normalized spacial score (nSPS) is 10.6. The molecule has 1 aromatic rings. The molecule has 1 aromatic heterocycles. The van der Waals surface area contributed by atoms with Gasteiger partial charge in [-0.2, -0.15) is 0 Å². The van der Waals surface area contributed by atoms with Gasteiger partial charge in [0, 0.05) is 6.20 Å². The number of halogens is 4. The van der Waals surface area contributed by atoms with E-state index in [9.17, 15) is 18.7 Å². The quantitative estimate of drug-likeness (QED) is 0.514. The SMILES string of the molecule is O=C(Cl)c1cnc(I)c(O)c1C(F)F. The fourth-order valence-electron chi connectivity index (χ4n) is 0.868. The number of alkyl halides is 2. The fourth-order valence-corrected chi connectivity index (χ4v) is 1.45. The summed E-state index contributed by atoms with van der Waals surface area (Å²) in [5.74, 6) is -0.702. The molecule has 0 radical (unpaired) electrons. The minimum Gasteiger partial charge on any atom is -0.505 e. The van der Waals surface area contributed by atoms with Crippen LogP contribution in [0.5, 0.6) is 5.75 Å². The highest BCUT2D eigenvalue weighted by Crippen LogP contribution is 2.34. The van der Waals surface area contributed by atoms with Gasteiger partial charge < -0.3 is 5.11 Å². The smallest absolute Gasteiger partial charge is 0.268 e. The van der Waals surface area contributed by atoms with Crippen LogP contribution in [0.4, 0.5) is 8.78 Å². The molecule has 14 heavy (non-hydrogen) atoms. The van der Waals surface area contributed by atoms with E-state index in [0.717, 1.165) is 6.20 Å². The van der Waals surface area contributed by atoms with E-state index < -0.39 is 28.5 Å². The topological polar surface area (TPSA) is 50.2 Å². The first kappa shape index (κ1) is 11.6.